The van der Waals surface area contributed by atoms with Crippen LogP contribution in [0, 0.1) is 0 Å². The van der Waals surface area contributed by atoms with Crippen molar-refractivity contribution in [2.24, 2.45) is 7.05 Å². The molecule has 1 N–H and O–H groups in total. The van der Waals surface area contributed by atoms with Crippen molar-refractivity contribution >= 4 is 11.8 Å². The number of benzene rings is 2. The van der Waals surface area contributed by atoms with Gasteiger partial charge in [0, 0.05) is 44.2 Å². The fourth-order valence-electron chi connectivity index (χ4n) is 4.03. The Bertz CT molecular complexity index is 1170. The Labute approximate surface area is 186 Å². The monoisotopic (exact) mass is 430 g/mol. The van der Waals surface area contributed by atoms with Crippen LogP contribution in [0.5, 0.6) is 0 Å². The normalized spacial score (nSPS) is 13.4. The molecule has 164 valence electrons. The van der Waals surface area contributed by atoms with Crippen LogP contribution in [0.2, 0.25) is 0 Å². The highest BCUT2D eigenvalue weighted by molar-refractivity contribution is 6.03. The first kappa shape index (κ1) is 21.5. The number of aromatic nitrogens is 2. The number of rotatable bonds is 7. The standard InChI is InChI=1S/C25H26N4O3/c1-28-25(32)22(24(31)26-15-9-17-29-16-8-14-20(29)30)21(18-10-4-2-5-11-18)23(27-28)19-12-6-3-7-13-19/h2-7,10-13H,8-9,14-17H2,1H3,(H,26,31). The lowest BCUT2D eigenvalue weighted by Crippen LogP contribution is -2.36. The van der Waals surface area contributed by atoms with E-state index in [4.69, 9.17) is 0 Å². The van der Waals surface area contributed by atoms with Crippen LogP contribution < -0.4 is 10.9 Å². The van der Waals surface area contributed by atoms with Crippen LogP contribution in [0.15, 0.2) is 65.5 Å². The summed E-state index contributed by atoms with van der Waals surface area (Å²) in [5.74, 6) is -0.269. The molecule has 7 nitrogen and oxygen atoms in total. The van der Waals surface area contributed by atoms with Crippen LogP contribution in [0.4, 0.5) is 0 Å². The van der Waals surface area contributed by atoms with Gasteiger partial charge in [-0.15, -0.1) is 0 Å². The first-order valence-electron chi connectivity index (χ1n) is 10.8. The Morgan fingerprint density at radius 2 is 1.66 bits per heavy atom. The molecule has 0 aliphatic carbocycles. The second kappa shape index (κ2) is 9.60. The molecule has 1 saturated heterocycles. The van der Waals surface area contributed by atoms with Crippen LogP contribution in [0.1, 0.15) is 29.6 Å². The number of hydrogen-bond acceptors (Lipinski definition) is 4. The van der Waals surface area contributed by atoms with Gasteiger partial charge in [-0.05, 0) is 18.4 Å². The highest BCUT2D eigenvalue weighted by atomic mass is 16.2. The molecule has 3 aromatic rings. The van der Waals surface area contributed by atoms with Crippen molar-refractivity contribution < 1.29 is 9.59 Å². The molecule has 0 spiro atoms. The maximum Gasteiger partial charge on any atom is 0.280 e. The second-order valence-electron chi connectivity index (χ2n) is 7.85. The van der Waals surface area contributed by atoms with Crippen molar-refractivity contribution in [3.8, 4) is 22.4 Å². The molecule has 2 aromatic carbocycles. The maximum absolute atomic E-state index is 13.2. The summed E-state index contributed by atoms with van der Waals surface area (Å²) in [6.45, 7) is 1.76. The lowest BCUT2D eigenvalue weighted by Gasteiger charge is -2.17. The van der Waals surface area contributed by atoms with Gasteiger partial charge in [-0.3, -0.25) is 14.4 Å². The molecular formula is C25H26N4O3. The van der Waals surface area contributed by atoms with Crippen molar-refractivity contribution in [1.82, 2.24) is 20.0 Å². The highest BCUT2D eigenvalue weighted by Crippen LogP contribution is 2.31. The van der Waals surface area contributed by atoms with Crippen molar-refractivity contribution in [1.29, 1.82) is 0 Å². The average Bonchev–Trinajstić information content (AvgIpc) is 3.23. The molecule has 1 fully saturated rings. The van der Waals surface area contributed by atoms with Crippen LogP contribution in [0.3, 0.4) is 0 Å². The van der Waals surface area contributed by atoms with Gasteiger partial charge in [0.25, 0.3) is 11.5 Å². The summed E-state index contributed by atoms with van der Waals surface area (Å²) in [5, 5.41) is 7.38. The quantitative estimate of drug-likeness (QED) is 0.584. The molecule has 4 rings (SSSR count). The van der Waals surface area contributed by atoms with Gasteiger partial charge in [-0.25, -0.2) is 4.68 Å². The number of aryl methyl sites for hydroxylation is 1. The molecule has 7 heteroatoms. The Morgan fingerprint density at radius 3 is 2.28 bits per heavy atom. The maximum atomic E-state index is 13.2. The largest absolute Gasteiger partial charge is 0.352 e. The molecule has 0 atom stereocenters. The van der Waals surface area contributed by atoms with E-state index in [0.717, 1.165) is 24.1 Å². The molecule has 1 aliphatic heterocycles. The van der Waals surface area contributed by atoms with Crippen molar-refractivity contribution in [2.75, 3.05) is 19.6 Å². The highest BCUT2D eigenvalue weighted by Gasteiger charge is 2.24. The number of nitrogens with zero attached hydrogens (tertiary/aromatic N) is 3. The first-order valence-corrected chi connectivity index (χ1v) is 10.8. The predicted octanol–water partition coefficient (Wildman–Crippen LogP) is 2.86. The molecule has 32 heavy (non-hydrogen) atoms. The van der Waals surface area contributed by atoms with Crippen LogP contribution >= 0.6 is 0 Å². The lowest BCUT2D eigenvalue weighted by molar-refractivity contribution is -0.127. The number of carbonyl (C=O) groups excluding carboxylic acids is 2. The molecule has 1 aromatic heterocycles. The van der Waals surface area contributed by atoms with Gasteiger partial charge in [0.15, 0.2) is 0 Å². The summed E-state index contributed by atoms with van der Waals surface area (Å²) in [7, 11) is 1.55. The zero-order valence-corrected chi connectivity index (χ0v) is 18.1. The van der Waals surface area contributed by atoms with E-state index in [9.17, 15) is 14.4 Å². The van der Waals surface area contributed by atoms with Gasteiger partial charge in [0.2, 0.25) is 5.91 Å². The fraction of sp³-hybridized carbons (Fsp3) is 0.280. The molecule has 0 saturated carbocycles. The fourth-order valence-corrected chi connectivity index (χ4v) is 4.03. The van der Waals surface area contributed by atoms with E-state index >= 15 is 0 Å². The average molecular weight is 431 g/mol. The van der Waals surface area contributed by atoms with E-state index in [1.807, 2.05) is 65.6 Å². The third kappa shape index (κ3) is 4.46. The molecule has 2 amide bonds. The Balaban J connectivity index is 1.67. The van der Waals surface area contributed by atoms with Gasteiger partial charge >= 0.3 is 0 Å². The number of nitrogens with one attached hydrogen (secondary N) is 1. The Kier molecular flexibility index (Phi) is 6.44. The van der Waals surface area contributed by atoms with Gasteiger partial charge in [-0.1, -0.05) is 60.7 Å². The number of hydrogen-bond donors (Lipinski definition) is 1. The molecule has 0 unspecified atom stereocenters. The molecule has 2 heterocycles. The summed E-state index contributed by atoms with van der Waals surface area (Å²) >= 11 is 0. The zero-order valence-electron chi connectivity index (χ0n) is 18.1. The summed E-state index contributed by atoms with van der Waals surface area (Å²) in [5.41, 5.74) is 2.30. The smallest absolute Gasteiger partial charge is 0.280 e. The Morgan fingerprint density at radius 1 is 1.00 bits per heavy atom. The summed E-state index contributed by atoms with van der Waals surface area (Å²) in [6, 6.07) is 18.9. The Hall–Kier alpha value is -3.74. The number of carbonyl (C=O) groups is 2. The van der Waals surface area contributed by atoms with E-state index in [1.165, 1.54) is 4.68 Å². The van der Waals surface area contributed by atoms with Gasteiger partial charge in [-0.2, -0.15) is 5.10 Å². The number of amides is 2. The third-order valence-corrected chi connectivity index (χ3v) is 5.64. The molecule has 0 bridgehead atoms. The SMILES string of the molecule is Cn1nc(-c2ccccc2)c(-c2ccccc2)c(C(=O)NCCCN2CCCC2=O)c1=O. The van der Waals surface area contributed by atoms with Gasteiger partial charge < -0.3 is 10.2 Å². The van der Waals surface area contributed by atoms with E-state index < -0.39 is 11.5 Å². The van der Waals surface area contributed by atoms with E-state index in [0.29, 0.717) is 37.2 Å². The predicted molar refractivity (Wildman–Crippen MR) is 123 cm³/mol. The molecule has 0 radical (unpaired) electrons. The van der Waals surface area contributed by atoms with E-state index in [1.54, 1.807) is 7.05 Å². The summed E-state index contributed by atoms with van der Waals surface area (Å²) < 4.78 is 1.21. The van der Waals surface area contributed by atoms with Crippen LogP contribution in [-0.2, 0) is 11.8 Å². The topological polar surface area (TPSA) is 84.3 Å². The number of likely N-dealkylation sites (tertiary alicyclic amines) is 1. The van der Waals surface area contributed by atoms with Crippen LogP contribution in [-0.4, -0.2) is 46.1 Å². The van der Waals surface area contributed by atoms with Crippen molar-refractivity contribution in [2.45, 2.75) is 19.3 Å². The van der Waals surface area contributed by atoms with Crippen molar-refractivity contribution in [3.05, 3.63) is 76.6 Å². The summed E-state index contributed by atoms with van der Waals surface area (Å²) in [4.78, 5) is 39.9. The lowest BCUT2D eigenvalue weighted by atomic mass is 9.95. The van der Waals surface area contributed by atoms with E-state index in [2.05, 4.69) is 10.4 Å². The zero-order chi connectivity index (χ0) is 22.5. The minimum atomic E-state index is -0.448. The summed E-state index contributed by atoms with van der Waals surface area (Å²) in [6.07, 6.45) is 2.12. The van der Waals surface area contributed by atoms with E-state index in [-0.39, 0.29) is 11.5 Å². The first-order chi connectivity index (χ1) is 15.6. The minimum Gasteiger partial charge on any atom is -0.352 e. The second-order valence-corrected chi connectivity index (χ2v) is 7.85. The van der Waals surface area contributed by atoms with Crippen LogP contribution in [0.25, 0.3) is 22.4 Å². The third-order valence-electron chi connectivity index (χ3n) is 5.64. The molecular weight excluding hydrogens is 404 g/mol. The molecule has 1 aliphatic rings. The van der Waals surface area contributed by atoms with Crippen molar-refractivity contribution in [3.63, 3.8) is 0 Å². The minimum absolute atomic E-state index is 0.0739. The van der Waals surface area contributed by atoms with Gasteiger partial charge in [0.1, 0.15) is 5.56 Å². The van der Waals surface area contributed by atoms with Gasteiger partial charge in [0.05, 0.1) is 5.69 Å².